The fraction of sp³-hybridized carbons (Fsp3) is 0.625. The molecular formula is C16H26N2O. The summed E-state index contributed by atoms with van der Waals surface area (Å²) in [4.78, 5) is 2.49. The second kappa shape index (κ2) is 7.04. The Bertz CT molecular complexity index is 367. The number of nitrogens with zero attached hydrogens (tertiary/aromatic N) is 1. The van der Waals surface area contributed by atoms with Crippen molar-refractivity contribution in [3.63, 3.8) is 0 Å². The van der Waals surface area contributed by atoms with Gasteiger partial charge in [-0.15, -0.1) is 0 Å². The topological polar surface area (TPSA) is 24.5 Å². The Morgan fingerprint density at radius 2 is 1.68 bits per heavy atom. The van der Waals surface area contributed by atoms with E-state index in [2.05, 4.69) is 48.3 Å². The van der Waals surface area contributed by atoms with Gasteiger partial charge in [0.05, 0.1) is 12.2 Å². The third-order valence-corrected chi connectivity index (χ3v) is 3.59. The lowest BCUT2D eigenvalue weighted by molar-refractivity contribution is -0.0704. The summed E-state index contributed by atoms with van der Waals surface area (Å²) < 4.78 is 5.77. The molecule has 2 rings (SSSR count). The third kappa shape index (κ3) is 4.60. The third-order valence-electron chi connectivity index (χ3n) is 3.59. The summed E-state index contributed by atoms with van der Waals surface area (Å²) in [6, 6.07) is 9.02. The van der Waals surface area contributed by atoms with Gasteiger partial charge in [-0.05, 0) is 45.0 Å². The molecule has 1 aliphatic heterocycles. The highest BCUT2D eigenvalue weighted by Crippen LogP contribution is 2.14. The fourth-order valence-electron chi connectivity index (χ4n) is 2.75. The van der Waals surface area contributed by atoms with Gasteiger partial charge in [-0.1, -0.05) is 24.3 Å². The van der Waals surface area contributed by atoms with E-state index in [-0.39, 0.29) is 0 Å². The van der Waals surface area contributed by atoms with E-state index in [1.165, 1.54) is 11.1 Å². The van der Waals surface area contributed by atoms with Crippen LogP contribution in [0.4, 0.5) is 0 Å². The van der Waals surface area contributed by atoms with E-state index in [4.69, 9.17) is 4.74 Å². The summed E-state index contributed by atoms with van der Waals surface area (Å²) in [5.41, 5.74) is 2.80. The van der Waals surface area contributed by atoms with Gasteiger partial charge in [-0.2, -0.15) is 0 Å². The second-order valence-corrected chi connectivity index (χ2v) is 5.62. The first kappa shape index (κ1) is 14.5. The summed E-state index contributed by atoms with van der Waals surface area (Å²) in [7, 11) is 2.00. The maximum absolute atomic E-state index is 5.77. The number of rotatable bonds is 5. The molecule has 0 aromatic heterocycles. The monoisotopic (exact) mass is 262 g/mol. The predicted octanol–water partition coefficient (Wildman–Crippen LogP) is 2.06. The maximum Gasteiger partial charge on any atom is 0.0678 e. The molecule has 0 spiro atoms. The molecule has 106 valence electrons. The first-order valence-electron chi connectivity index (χ1n) is 7.27. The minimum absolute atomic E-state index is 0.346. The molecule has 0 saturated carbocycles. The molecule has 19 heavy (non-hydrogen) atoms. The van der Waals surface area contributed by atoms with Crippen molar-refractivity contribution in [3.05, 3.63) is 35.4 Å². The zero-order valence-corrected chi connectivity index (χ0v) is 12.4. The zero-order valence-electron chi connectivity index (χ0n) is 12.4. The van der Waals surface area contributed by atoms with E-state index in [1.54, 1.807) is 0 Å². The molecule has 2 atom stereocenters. The molecule has 3 nitrogen and oxygen atoms in total. The van der Waals surface area contributed by atoms with Crippen LogP contribution in [0.1, 0.15) is 25.0 Å². The van der Waals surface area contributed by atoms with E-state index in [9.17, 15) is 0 Å². The van der Waals surface area contributed by atoms with Crippen LogP contribution in [0, 0.1) is 0 Å². The number of morpholine rings is 1. The Hall–Kier alpha value is -0.900. The minimum Gasteiger partial charge on any atom is -0.373 e. The van der Waals surface area contributed by atoms with Gasteiger partial charge in [0.2, 0.25) is 0 Å². The van der Waals surface area contributed by atoms with Crippen LogP contribution in [-0.2, 0) is 17.7 Å². The molecular weight excluding hydrogens is 236 g/mol. The van der Waals surface area contributed by atoms with Crippen molar-refractivity contribution < 1.29 is 4.74 Å². The quantitative estimate of drug-likeness (QED) is 0.879. The first-order valence-corrected chi connectivity index (χ1v) is 7.27. The standard InChI is InChI=1S/C16H26N2O/c1-13-10-18(11-14(2)19-13)12-16-6-4-15(5-7-16)8-9-17-3/h4-7,13-14,17H,8-12H2,1-3H3/t13-,14+. The Kier molecular flexibility index (Phi) is 5.37. The van der Waals surface area contributed by atoms with E-state index < -0.39 is 0 Å². The zero-order chi connectivity index (χ0) is 13.7. The molecule has 0 amide bonds. The van der Waals surface area contributed by atoms with Crippen LogP contribution in [0.2, 0.25) is 0 Å². The van der Waals surface area contributed by atoms with Crippen LogP contribution in [0.3, 0.4) is 0 Å². The van der Waals surface area contributed by atoms with E-state index in [0.29, 0.717) is 12.2 Å². The van der Waals surface area contributed by atoms with Crippen molar-refractivity contribution in [2.45, 2.75) is 39.0 Å². The molecule has 1 N–H and O–H groups in total. The first-order chi connectivity index (χ1) is 9.17. The number of benzene rings is 1. The largest absolute Gasteiger partial charge is 0.373 e. The fourth-order valence-corrected chi connectivity index (χ4v) is 2.75. The van der Waals surface area contributed by atoms with Crippen LogP contribution in [0.5, 0.6) is 0 Å². The molecule has 0 unspecified atom stereocenters. The van der Waals surface area contributed by atoms with Gasteiger partial charge < -0.3 is 10.1 Å². The normalized spacial score (nSPS) is 24.6. The summed E-state index contributed by atoms with van der Waals surface area (Å²) in [6.07, 6.45) is 1.79. The van der Waals surface area contributed by atoms with Crippen LogP contribution in [0.25, 0.3) is 0 Å². The van der Waals surface area contributed by atoms with Crippen LogP contribution in [0.15, 0.2) is 24.3 Å². The van der Waals surface area contributed by atoms with Gasteiger partial charge in [0.1, 0.15) is 0 Å². The van der Waals surface area contributed by atoms with Crippen LogP contribution >= 0.6 is 0 Å². The lowest BCUT2D eigenvalue weighted by atomic mass is 10.1. The number of ether oxygens (including phenoxy) is 1. The molecule has 1 aromatic carbocycles. The Labute approximate surface area is 116 Å². The number of hydrogen-bond acceptors (Lipinski definition) is 3. The van der Waals surface area contributed by atoms with Gasteiger partial charge in [0, 0.05) is 19.6 Å². The maximum atomic E-state index is 5.77. The lowest BCUT2D eigenvalue weighted by Crippen LogP contribution is -2.44. The number of nitrogens with one attached hydrogen (secondary N) is 1. The summed E-state index contributed by atoms with van der Waals surface area (Å²) in [5, 5.41) is 3.18. The Morgan fingerprint density at radius 1 is 1.11 bits per heavy atom. The van der Waals surface area contributed by atoms with Crippen LogP contribution in [-0.4, -0.2) is 43.8 Å². The average molecular weight is 262 g/mol. The van der Waals surface area contributed by atoms with E-state index in [1.807, 2.05) is 7.05 Å². The lowest BCUT2D eigenvalue weighted by Gasteiger charge is -2.35. The van der Waals surface area contributed by atoms with E-state index in [0.717, 1.165) is 32.6 Å². The highest BCUT2D eigenvalue weighted by Gasteiger charge is 2.21. The highest BCUT2D eigenvalue weighted by atomic mass is 16.5. The average Bonchev–Trinajstić information content (AvgIpc) is 2.37. The van der Waals surface area contributed by atoms with Gasteiger partial charge >= 0.3 is 0 Å². The van der Waals surface area contributed by atoms with Crippen molar-refractivity contribution in [1.29, 1.82) is 0 Å². The van der Waals surface area contributed by atoms with Gasteiger partial charge in [0.15, 0.2) is 0 Å². The van der Waals surface area contributed by atoms with E-state index >= 15 is 0 Å². The molecule has 0 aliphatic carbocycles. The molecule has 0 bridgehead atoms. The van der Waals surface area contributed by atoms with Crippen molar-refractivity contribution in [2.24, 2.45) is 0 Å². The molecule has 1 fully saturated rings. The number of likely N-dealkylation sites (N-methyl/N-ethyl adjacent to an activating group) is 1. The van der Waals surface area contributed by atoms with Gasteiger partial charge in [-0.25, -0.2) is 0 Å². The van der Waals surface area contributed by atoms with Gasteiger partial charge in [0.25, 0.3) is 0 Å². The summed E-state index contributed by atoms with van der Waals surface area (Å²) >= 11 is 0. The van der Waals surface area contributed by atoms with Crippen molar-refractivity contribution in [1.82, 2.24) is 10.2 Å². The summed E-state index contributed by atoms with van der Waals surface area (Å²) in [5.74, 6) is 0. The Balaban J connectivity index is 1.88. The molecule has 1 heterocycles. The van der Waals surface area contributed by atoms with Crippen molar-refractivity contribution in [3.8, 4) is 0 Å². The predicted molar refractivity (Wildman–Crippen MR) is 79.4 cm³/mol. The smallest absolute Gasteiger partial charge is 0.0678 e. The Morgan fingerprint density at radius 3 is 2.26 bits per heavy atom. The number of hydrogen-bond donors (Lipinski definition) is 1. The minimum atomic E-state index is 0.346. The molecule has 1 saturated heterocycles. The molecule has 1 aromatic rings. The highest BCUT2D eigenvalue weighted by molar-refractivity contribution is 5.22. The van der Waals surface area contributed by atoms with Crippen molar-refractivity contribution >= 4 is 0 Å². The molecule has 1 aliphatic rings. The van der Waals surface area contributed by atoms with Crippen molar-refractivity contribution in [2.75, 3.05) is 26.7 Å². The molecule has 0 radical (unpaired) electrons. The van der Waals surface area contributed by atoms with Crippen LogP contribution < -0.4 is 5.32 Å². The van der Waals surface area contributed by atoms with Gasteiger partial charge in [-0.3, -0.25) is 4.90 Å². The SMILES string of the molecule is CNCCc1ccc(CN2C[C@@H](C)O[C@@H](C)C2)cc1. The molecule has 3 heteroatoms. The second-order valence-electron chi connectivity index (χ2n) is 5.62. The summed E-state index contributed by atoms with van der Waals surface area (Å²) in [6.45, 7) is 8.45.